The standard InChI is InChI=1S/C15H10Cl2N4O4/c16-10-1-8-5-18-7-19(14(8)12(3-10)20(22)23)6-9-2-11(17)4-13(15(9)18)21(24)25/h1-4H,5-7H2. The Kier molecular flexibility index (Phi) is 3.48. The molecule has 2 aromatic rings. The highest BCUT2D eigenvalue weighted by Crippen LogP contribution is 2.47. The van der Waals surface area contributed by atoms with Gasteiger partial charge in [-0.25, -0.2) is 0 Å². The summed E-state index contributed by atoms with van der Waals surface area (Å²) in [4.78, 5) is 25.6. The molecule has 0 aromatic heterocycles. The van der Waals surface area contributed by atoms with E-state index in [1.165, 1.54) is 12.1 Å². The van der Waals surface area contributed by atoms with Gasteiger partial charge in [0, 0.05) is 46.4 Å². The van der Waals surface area contributed by atoms with Crippen molar-refractivity contribution in [1.82, 2.24) is 0 Å². The molecular formula is C15H10Cl2N4O4. The first-order valence-electron chi connectivity index (χ1n) is 7.28. The molecule has 128 valence electrons. The van der Waals surface area contributed by atoms with Crippen LogP contribution in [0.2, 0.25) is 10.0 Å². The Morgan fingerprint density at radius 1 is 0.800 bits per heavy atom. The summed E-state index contributed by atoms with van der Waals surface area (Å²) in [6.07, 6.45) is 0. The third-order valence-corrected chi connectivity index (χ3v) is 4.79. The summed E-state index contributed by atoms with van der Waals surface area (Å²) in [6, 6.07) is 5.98. The number of nitro benzene ring substituents is 2. The first kappa shape index (κ1) is 15.9. The summed E-state index contributed by atoms with van der Waals surface area (Å²) in [5.41, 5.74) is 2.20. The number of nitro groups is 2. The molecule has 0 N–H and O–H groups in total. The highest BCUT2D eigenvalue weighted by Gasteiger charge is 2.38. The summed E-state index contributed by atoms with van der Waals surface area (Å²) < 4.78 is 0. The van der Waals surface area contributed by atoms with Crippen molar-refractivity contribution in [1.29, 1.82) is 0 Å². The summed E-state index contributed by atoms with van der Waals surface area (Å²) in [5.74, 6) is 0. The van der Waals surface area contributed by atoms with E-state index in [0.717, 1.165) is 0 Å². The Bertz CT molecular complexity index is 874. The normalized spacial score (nSPS) is 14.8. The maximum atomic E-state index is 11.4. The summed E-state index contributed by atoms with van der Waals surface area (Å²) in [6.45, 7) is 0.913. The van der Waals surface area contributed by atoms with Crippen LogP contribution in [0.4, 0.5) is 22.7 Å². The number of nitrogens with zero attached hydrogens (tertiary/aromatic N) is 4. The molecule has 2 aromatic carbocycles. The fourth-order valence-corrected chi connectivity index (χ4v) is 4.02. The first-order valence-corrected chi connectivity index (χ1v) is 8.04. The van der Waals surface area contributed by atoms with Gasteiger partial charge in [-0.3, -0.25) is 20.2 Å². The zero-order valence-corrected chi connectivity index (χ0v) is 14.1. The van der Waals surface area contributed by atoms with E-state index in [2.05, 4.69) is 0 Å². The van der Waals surface area contributed by atoms with Crippen LogP contribution in [0.1, 0.15) is 11.1 Å². The van der Waals surface area contributed by atoms with Gasteiger partial charge in [-0.05, 0) is 12.1 Å². The van der Waals surface area contributed by atoms with Gasteiger partial charge in [0.1, 0.15) is 11.4 Å². The van der Waals surface area contributed by atoms with Gasteiger partial charge < -0.3 is 9.80 Å². The van der Waals surface area contributed by atoms with Gasteiger partial charge in [0.15, 0.2) is 0 Å². The minimum Gasteiger partial charge on any atom is -0.344 e. The lowest BCUT2D eigenvalue weighted by Crippen LogP contribution is -2.46. The zero-order chi connectivity index (χ0) is 17.9. The van der Waals surface area contributed by atoms with E-state index in [1.807, 2.05) is 9.80 Å². The van der Waals surface area contributed by atoms with Crippen LogP contribution in [0.5, 0.6) is 0 Å². The molecule has 10 heteroatoms. The van der Waals surface area contributed by atoms with Gasteiger partial charge in [0.25, 0.3) is 11.4 Å². The van der Waals surface area contributed by atoms with Gasteiger partial charge >= 0.3 is 0 Å². The molecule has 0 spiro atoms. The largest absolute Gasteiger partial charge is 0.344 e. The van der Waals surface area contributed by atoms with E-state index >= 15 is 0 Å². The number of fused-ring (bicyclic) bond motifs is 6. The molecule has 0 amide bonds. The van der Waals surface area contributed by atoms with E-state index in [1.54, 1.807) is 12.1 Å². The highest BCUT2D eigenvalue weighted by atomic mass is 35.5. The second kappa shape index (κ2) is 5.47. The van der Waals surface area contributed by atoms with Crippen molar-refractivity contribution >= 4 is 46.0 Å². The van der Waals surface area contributed by atoms with E-state index in [0.29, 0.717) is 42.3 Å². The minimum absolute atomic E-state index is 0.0675. The van der Waals surface area contributed by atoms with Crippen molar-refractivity contribution in [2.24, 2.45) is 0 Å². The van der Waals surface area contributed by atoms with Crippen LogP contribution < -0.4 is 9.80 Å². The Labute approximate surface area is 151 Å². The SMILES string of the molecule is O=[N+]([O-])c1cc(Cl)cc2c1N1Cc3cc(Cl)cc([N+](=O)[O-])c3N(C2)C1. The van der Waals surface area contributed by atoms with Gasteiger partial charge in [0.2, 0.25) is 0 Å². The van der Waals surface area contributed by atoms with Gasteiger partial charge in [-0.15, -0.1) is 0 Å². The fraction of sp³-hybridized carbons (Fsp3) is 0.200. The summed E-state index contributed by atoms with van der Waals surface area (Å²) in [5, 5.41) is 23.4. The molecule has 0 unspecified atom stereocenters. The summed E-state index contributed by atoms with van der Waals surface area (Å²) in [7, 11) is 0. The van der Waals surface area contributed by atoms with Crippen LogP contribution >= 0.6 is 23.2 Å². The number of halogens is 2. The highest BCUT2D eigenvalue weighted by molar-refractivity contribution is 6.31. The third kappa shape index (κ3) is 2.45. The number of hydrogen-bond donors (Lipinski definition) is 0. The predicted octanol–water partition coefficient (Wildman–Crippen LogP) is 4.11. The average Bonchev–Trinajstić information content (AvgIpc) is 2.52. The molecule has 0 aliphatic carbocycles. The van der Waals surface area contributed by atoms with Crippen molar-refractivity contribution in [3.8, 4) is 0 Å². The molecule has 8 nitrogen and oxygen atoms in total. The van der Waals surface area contributed by atoms with Crippen LogP contribution in [-0.2, 0) is 13.1 Å². The minimum atomic E-state index is -0.462. The van der Waals surface area contributed by atoms with Crippen LogP contribution in [0, 0.1) is 20.2 Å². The van der Waals surface area contributed by atoms with E-state index in [9.17, 15) is 20.2 Å². The van der Waals surface area contributed by atoms with E-state index in [-0.39, 0.29) is 21.4 Å². The Morgan fingerprint density at radius 2 is 1.20 bits per heavy atom. The molecule has 2 aliphatic heterocycles. The zero-order valence-electron chi connectivity index (χ0n) is 12.6. The lowest BCUT2D eigenvalue weighted by molar-refractivity contribution is -0.384. The monoisotopic (exact) mass is 380 g/mol. The second-order valence-corrected chi connectivity index (χ2v) is 6.79. The number of rotatable bonds is 2. The molecule has 0 saturated heterocycles. The Balaban J connectivity index is 1.91. The van der Waals surface area contributed by atoms with Crippen molar-refractivity contribution in [3.05, 3.63) is 65.7 Å². The van der Waals surface area contributed by atoms with Crippen molar-refractivity contribution in [2.75, 3.05) is 16.5 Å². The van der Waals surface area contributed by atoms with Crippen molar-refractivity contribution in [2.45, 2.75) is 13.1 Å². The lowest BCUT2D eigenvalue weighted by Gasteiger charge is -2.43. The van der Waals surface area contributed by atoms with Gasteiger partial charge in [0.05, 0.1) is 16.5 Å². The molecule has 2 aliphatic rings. The van der Waals surface area contributed by atoms with Crippen LogP contribution in [0.3, 0.4) is 0 Å². The molecule has 0 saturated carbocycles. The molecule has 25 heavy (non-hydrogen) atoms. The average molecular weight is 381 g/mol. The molecule has 0 radical (unpaired) electrons. The van der Waals surface area contributed by atoms with E-state index < -0.39 is 9.85 Å². The maximum Gasteiger partial charge on any atom is 0.294 e. The topological polar surface area (TPSA) is 92.8 Å². The van der Waals surface area contributed by atoms with E-state index in [4.69, 9.17) is 23.2 Å². The van der Waals surface area contributed by atoms with Crippen LogP contribution in [0.15, 0.2) is 24.3 Å². The molecule has 4 rings (SSSR count). The molecule has 0 atom stereocenters. The smallest absolute Gasteiger partial charge is 0.294 e. The quantitative estimate of drug-likeness (QED) is 0.574. The number of hydrogen-bond acceptors (Lipinski definition) is 6. The fourth-order valence-electron chi connectivity index (χ4n) is 3.55. The van der Waals surface area contributed by atoms with Gasteiger partial charge in [-0.1, -0.05) is 23.2 Å². The summed E-state index contributed by atoms with van der Waals surface area (Å²) >= 11 is 12.0. The van der Waals surface area contributed by atoms with Crippen LogP contribution in [-0.4, -0.2) is 16.5 Å². The molecular weight excluding hydrogens is 371 g/mol. The van der Waals surface area contributed by atoms with Crippen molar-refractivity contribution < 1.29 is 9.85 Å². The first-order chi connectivity index (χ1) is 11.8. The van der Waals surface area contributed by atoms with Crippen LogP contribution in [0.25, 0.3) is 0 Å². The molecule has 2 bridgehead atoms. The Morgan fingerprint density at radius 3 is 1.56 bits per heavy atom. The molecule has 0 fully saturated rings. The predicted molar refractivity (Wildman–Crippen MR) is 93.4 cm³/mol. The number of benzene rings is 2. The Hall–Kier alpha value is -2.58. The van der Waals surface area contributed by atoms with Crippen molar-refractivity contribution in [3.63, 3.8) is 0 Å². The maximum absolute atomic E-state index is 11.4. The molecule has 2 heterocycles. The van der Waals surface area contributed by atoms with Gasteiger partial charge in [-0.2, -0.15) is 0 Å². The third-order valence-electron chi connectivity index (χ3n) is 4.36. The number of anilines is 2. The lowest BCUT2D eigenvalue weighted by atomic mass is 10.00. The second-order valence-electron chi connectivity index (χ2n) is 5.92.